The fraction of sp³-hybridized carbons (Fsp3) is 0.429. The van der Waals surface area contributed by atoms with Crippen LogP contribution in [0.2, 0.25) is 5.02 Å². The van der Waals surface area contributed by atoms with E-state index >= 15 is 0 Å². The highest BCUT2D eigenvalue weighted by Crippen LogP contribution is 2.31. The molecule has 1 aromatic heterocycles. The summed E-state index contributed by atoms with van der Waals surface area (Å²) in [7, 11) is 0. The molecule has 12 nitrogen and oxygen atoms in total. The van der Waals surface area contributed by atoms with Crippen molar-refractivity contribution in [2.24, 2.45) is 0 Å². The van der Waals surface area contributed by atoms with E-state index in [1.54, 1.807) is 6.07 Å². The van der Waals surface area contributed by atoms with E-state index in [-0.39, 0.29) is 10.6 Å². The van der Waals surface area contributed by atoms with Gasteiger partial charge in [-0.15, -0.1) is 0 Å². The van der Waals surface area contributed by atoms with Gasteiger partial charge in [-0.25, -0.2) is 4.79 Å². The molecule has 1 aliphatic rings. The quantitative estimate of drug-likeness (QED) is 0.0852. The Morgan fingerprint density at radius 2 is 1.79 bits per heavy atom. The lowest BCUT2D eigenvalue weighted by atomic mass is 10.1. The molecule has 1 unspecified atom stereocenters. The predicted molar refractivity (Wildman–Crippen MR) is 167 cm³/mol. The molecule has 9 N–H and O–H groups in total. The number of thiazole rings is 1. The summed E-state index contributed by atoms with van der Waals surface area (Å²) in [5.41, 5.74) is 2.22. The van der Waals surface area contributed by atoms with Crippen molar-refractivity contribution in [3.05, 3.63) is 73.7 Å². The average Bonchev–Trinajstić information content (AvgIpc) is 3.51. The van der Waals surface area contributed by atoms with Crippen LogP contribution in [-0.2, 0) is 16.0 Å². The second-order valence-electron chi connectivity index (χ2n) is 9.48. The zero-order chi connectivity index (χ0) is 31.4. The topological polar surface area (TPSA) is 205 Å². The Balaban J connectivity index is 0.000000353. The third-order valence-electron chi connectivity index (χ3n) is 6.36. The summed E-state index contributed by atoms with van der Waals surface area (Å²) in [6.07, 6.45) is -1.47. The summed E-state index contributed by atoms with van der Waals surface area (Å²) < 4.78 is 4.92. The van der Waals surface area contributed by atoms with Gasteiger partial charge in [0.05, 0.1) is 17.4 Å². The average molecular weight is 658 g/mol. The molecule has 43 heavy (non-hydrogen) atoms. The van der Waals surface area contributed by atoms with Crippen molar-refractivity contribution in [3.63, 3.8) is 0 Å². The first-order valence-electron chi connectivity index (χ1n) is 13.5. The SMILES string of the molecule is O=C1OC([C@@H](O)CO)C(O)=C1O.O=c1[nH]c2c(O)ccc([C@@H](O)CNCCSCCCNCCc3ccccc3Cl)c2s1. The van der Waals surface area contributed by atoms with E-state index in [1.165, 1.54) is 11.6 Å². The van der Waals surface area contributed by atoms with Crippen LogP contribution in [0.25, 0.3) is 10.2 Å². The van der Waals surface area contributed by atoms with Crippen LogP contribution in [-0.4, -0.2) is 98.1 Å². The molecule has 2 heterocycles. The van der Waals surface area contributed by atoms with E-state index in [9.17, 15) is 19.8 Å². The van der Waals surface area contributed by atoms with Crippen LogP contribution in [0.4, 0.5) is 0 Å². The molecule has 0 saturated carbocycles. The van der Waals surface area contributed by atoms with Crippen molar-refractivity contribution in [2.75, 3.05) is 44.3 Å². The van der Waals surface area contributed by atoms with E-state index in [0.717, 1.165) is 60.3 Å². The maximum Gasteiger partial charge on any atom is 0.377 e. The lowest BCUT2D eigenvalue weighted by molar-refractivity contribution is -0.147. The molecule has 0 bridgehead atoms. The van der Waals surface area contributed by atoms with E-state index in [0.29, 0.717) is 22.3 Å². The number of phenolic OH excluding ortho intramolecular Hbond substituents is 1. The number of nitrogens with one attached hydrogen (secondary N) is 3. The second-order valence-corrected chi connectivity index (χ2v) is 12.1. The number of hydrogen-bond donors (Lipinski definition) is 9. The minimum atomic E-state index is -1.42. The largest absolute Gasteiger partial charge is 0.506 e. The van der Waals surface area contributed by atoms with Crippen LogP contribution < -0.4 is 15.5 Å². The number of halogens is 1. The minimum absolute atomic E-state index is 0.0204. The monoisotopic (exact) mass is 657 g/mol. The number of H-pyrrole nitrogens is 1. The van der Waals surface area contributed by atoms with Crippen LogP contribution in [0.15, 0.2) is 52.7 Å². The molecular formula is C28H36ClN3O9S2. The van der Waals surface area contributed by atoms with Crippen LogP contribution >= 0.6 is 34.7 Å². The number of aromatic amines is 1. The molecule has 1 aliphatic heterocycles. The predicted octanol–water partition coefficient (Wildman–Crippen LogP) is 2.12. The van der Waals surface area contributed by atoms with Crippen molar-refractivity contribution >= 4 is 50.9 Å². The first-order chi connectivity index (χ1) is 20.6. The number of aromatic nitrogens is 1. The number of aliphatic hydroxyl groups is 5. The summed E-state index contributed by atoms with van der Waals surface area (Å²) in [5, 5.41) is 62.9. The highest BCUT2D eigenvalue weighted by Gasteiger charge is 2.38. The van der Waals surface area contributed by atoms with Gasteiger partial charge >= 0.3 is 10.8 Å². The number of carbonyl (C=O) groups excluding carboxylic acids is 1. The number of cyclic esters (lactones) is 1. The highest BCUT2D eigenvalue weighted by atomic mass is 35.5. The Morgan fingerprint density at radius 3 is 2.49 bits per heavy atom. The van der Waals surface area contributed by atoms with Gasteiger partial charge < -0.3 is 51.0 Å². The first kappa shape index (κ1) is 34.7. The van der Waals surface area contributed by atoms with Crippen LogP contribution in [0.5, 0.6) is 5.75 Å². The number of aliphatic hydroxyl groups excluding tert-OH is 5. The third kappa shape index (κ3) is 10.1. The van der Waals surface area contributed by atoms with E-state index in [4.69, 9.17) is 32.0 Å². The van der Waals surface area contributed by atoms with E-state index < -0.39 is 42.4 Å². The fourth-order valence-corrected chi connectivity index (χ4v) is 6.06. The summed E-state index contributed by atoms with van der Waals surface area (Å²) in [6, 6.07) is 11.1. The molecule has 0 spiro atoms. The number of fused-ring (bicyclic) bond motifs is 1. The summed E-state index contributed by atoms with van der Waals surface area (Å²) in [4.78, 5) is 24.5. The Kier molecular flexibility index (Phi) is 14.1. The number of carbonyl (C=O) groups is 1. The number of hydrogen-bond acceptors (Lipinski definition) is 13. The number of benzene rings is 2. The number of aromatic hydroxyl groups is 1. The van der Waals surface area contributed by atoms with E-state index in [2.05, 4.69) is 26.4 Å². The summed E-state index contributed by atoms with van der Waals surface area (Å²) in [5.74, 6) is -0.709. The van der Waals surface area contributed by atoms with Gasteiger partial charge in [0.2, 0.25) is 5.76 Å². The van der Waals surface area contributed by atoms with Gasteiger partial charge in [0.1, 0.15) is 17.4 Å². The molecule has 0 radical (unpaired) electrons. The standard InChI is InChI=1S/C22H28ClN3O3S2.C6H8O6/c23-17-5-2-1-4-15(17)8-10-24-9-3-12-30-13-11-25-14-19(28)16-6-7-18(27)20-21(16)31-22(29)26-20;7-1-2(8)5-3(9)4(10)6(11)12-5/h1-2,4-7,19,24-25,27-28H,3,8-14H2,(H,26,29);2,5,7-10H,1H2/t19-;2-,5?/m00/s1. The van der Waals surface area contributed by atoms with Crippen molar-refractivity contribution in [2.45, 2.75) is 31.2 Å². The molecule has 4 rings (SSSR count). The second kappa shape index (κ2) is 17.5. The number of rotatable bonds is 15. The van der Waals surface area contributed by atoms with Crippen LogP contribution in [0, 0.1) is 0 Å². The minimum Gasteiger partial charge on any atom is -0.506 e. The highest BCUT2D eigenvalue weighted by molar-refractivity contribution is 7.99. The van der Waals surface area contributed by atoms with Crippen LogP contribution in [0.1, 0.15) is 23.7 Å². The Labute approximate surface area is 261 Å². The Bertz CT molecular complexity index is 1430. The molecule has 3 aromatic rings. The lowest BCUT2D eigenvalue weighted by Crippen LogP contribution is -2.31. The van der Waals surface area contributed by atoms with Gasteiger partial charge in [-0.05, 0) is 49.4 Å². The van der Waals surface area contributed by atoms with Crippen molar-refractivity contribution in [3.8, 4) is 5.75 Å². The molecule has 3 atom stereocenters. The maximum atomic E-state index is 11.6. The zero-order valence-electron chi connectivity index (χ0n) is 23.2. The van der Waals surface area contributed by atoms with Gasteiger partial charge in [-0.2, -0.15) is 11.8 Å². The zero-order valence-corrected chi connectivity index (χ0v) is 25.6. The molecule has 15 heteroatoms. The van der Waals surface area contributed by atoms with Crippen molar-refractivity contribution in [1.82, 2.24) is 15.6 Å². The summed E-state index contributed by atoms with van der Waals surface area (Å²) >= 11 is 9.04. The molecule has 0 saturated heterocycles. The lowest BCUT2D eigenvalue weighted by Gasteiger charge is -2.13. The smallest absolute Gasteiger partial charge is 0.377 e. The Hall–Kier alpha value is -2.82. The molecule has 0 fully saturated rings. The maximum absolute atomic E-state index is 11.6. The van der Waals surface area contributed by atoms with Gasteiger partial charge in [0.15, 0.2) is 11.9 Å². The Morgan fingerprint density at radius 1 is 1.02 bits per heavy atom. The molecule has 2 aromatic carbocycles. The van der Waals surface area contributed by atoms with Gasteiger partial charge in [0, 0.05) is 29.4 Å². The molecule has 0 aliphatic carbocycles. The van der Waals surface area contributed by atoms with Crippen LogP contribution in [0.3, 0.4) is 0 Å². The fourth-order valence-electron chi connectivity index (χ4n) is 4.07. The molecular weight excluding hydrogens is 622 g/mol. The molecule has 0 amide bonds. The number of thioether (sulfide) groups is 1. The number of ether oxygens (including phenoxy) is 1. The van der Waals surface area contributed by atoms with Gasteiger partial charge in [-0.1, -0.05) is 47.2 Å². The number of esters is 1. The van der Waals surface area contributed by atoms with E-state index in [1.807, 2.05) is 30.0 Å². The van der Waals surface area contributed by atoms with Crippen molar-refractivity contribution in [1.29, 1.82) is 0 Å². The third-order valence-corrected chi connectivity index (χ3v) is 8.73. The first-order valence-corrected chi connectivity index (χ1v) is 15.9. The van der Waals surface area contributed by atoms with Gasteiger partial charge in [0.25, 0.3) is 0 Å². The van der Waals surface area contributed by atoms with Crippen molar-refractivity contribution < 1.29 is 40.2 Å². The summed E-state index contributed by atoms with van der Waals surface area (Å²) in [6.45, 7) is 2.44. The van der Waals surface area contributed by atoms with Gasteiger partial charge in [-0.3, -0.25) is 4.79 Å². The number of phenols is 1. The normalized spacial score (nSPS) is 16.2. The molecule has 236 valence electrons.